The Morgan fingerprint density at radius 2 is 1.17 bits per heavy atom. The van der Waals surface area contributed by atoms with Gasteiger partial charge in [-0.1, -0.05) is 91.5 Å². The zero-order chi connectivity index (χ0) is 16.1. The molecule has 112 valence electrons. The molecule has 1 unspecified atom stereocenters. The van der Waals surface area contributed by atoms with Crippen molar-refractivity contribution in [3.8, 4) is 11.1 Å². The first-order chi connectivity index (χ1) is 11.3. The molecule has 0 aromatic heterocycles. The molecule has 3 aromatic rings. The molecule has 0 N–H and O–H groups in total. The second-order valence-electron chi connectivity index (χ2n) is 5.13. The minimum atomic E-state index is -1.05. The van der Waals surface area contributed by atoms with Crippen LogP contribution in [0.3, 0.4) is 0 Å². The molecule has 0 radical (unpaired) electrons. The highest BCUT2D eigenvalue weighted by molar-refractivity contribution is 7.88. The fraction of sp³-hybridized carbons (Fsp3) is 0. The molecule has 0 saturated heterocycles. The van der Waals surface area contributed by atoms with Crippen molar-refractivity contribution in [2.75, 3.05) is 0 Å². The first-order valence-electron chi connectivity index (χ1n) is 7.46. The lowest BCUT2D eigenvalue weighted by molar-refractivity contribution is -0.107. The topological polar surface area (TPSA) is 17.1 Å². The van der Waals surface area contributed by atoms with Crippen LogP contribution in [0.5, 0.6) is 0 Å². The maximum atomic E-state index is 12.4. The first-order valence-corrected chi connectivity index (χ1v) is 8.81. The Kier molecular flexibility index (Phi) is 4.80. The predicted octanol–water partition coefficient (Wildman–Crippen LogP) is 4.50. The van der Waals surface area contributed by atoms with E-state index < -0.39 is 7.92 Å². The minimum Gasteiger partial charge on any atom is -0.289 e. The Balaban J connectivity index is 1.98. The van der Waals surface area contributed by atoms with Gasteiger partial charge in [0.2, 0.25) is 0 Å². The highest BCUT2D eigenvalue weighted by Crippen LogP contribution is 2.35. The Hall–Kier alpha value is -2.50. The van der Waals surface area contributed by atoms with Gasteiger partial charge < -0.3 is 0 Å². The number of rotatable bonds is 5. The van der Waals surface area contributed by atoms with Gasteiger partial charge in [-0.15, -0.1) is 0 Å². The minimum absolute atomic E-state index is 0.0821. The average molecular weight is 316 g/mol. The van der Waals surface area contributed by atoms with Gasteiger partial charge in [0.05, 0.1) is 0 Å². The van der Waals surface area contributed by atoms with Gasteiger partial charge in [-0.05, 0) is 27.8 Å². The van der Waals surface area contributed by atoms with Gasteiger partial charge in [0.1, 0.15) is 0 Å². The third-order valence-electron chi connectivity index (χ3n) is 3.64. The third-order valence-corrected chi connectivity index (χ3v) is 5.89. The highest BCUT2D eigenvalue weighted by Gasteiger charge is 2.19. The molecule has 0 heterocycles. The van der Waals surface area contributed by atoms with Crippen LogP contribution in [-0.2, 0) is 4.79 Å². The molecular formula is C21H17OP. The van der Waals surface area contributed by atoms with E-state index in [1.807, 2.05) is 48.5 Å². The van der Waals surface area contributed by atoms with Gasteiger partial charge in [0, 0.05) is 7.92 Å². The van der Waals surface area contributed by atoms with Crippen LogP contribution in [0.15, 0.2) is 97.6 Å². The van der Waals surface area contributed by atoms with Crippen molar-refractivity contribution in [1.82, 2.24) is 0 Å². The molecule has 0 amide bonds. The van der Waals surface area contributed by atoms with E-state index in [0.29, 0.717) is 0 Å². The maximum absolute atomic E-state index is 12.4. The molecule has 1 nitrogen and oxygen atoms in total. The van der Waals surface area contributed by atoms with Crippen LogP contribution < -0.4 is 10.6 Å². The summed E-state index contributed by atoms with van der Waals surface area (Å²) in [7, 11) is -1.05. The van der Waals surface area contributed by atoms with Crippen molar-refractivity contribution in [2.24, 2.45) is 0 Å². The fourth-order valence-electron chi connectivity index (χ4n) is 2.51. The van der Waals surface area contributed by atoms with Crippen LogP contribution in [0, 0.1) is 0 Å². The quantitative estimate of drug-likeness (QED) is 0.500. The van der Waals surface area contributed by atoms with Crippen molar-refractivity contribution in [2.45, 2.75) is 0 Å². The summed E-state index contributed by atoms with van der Waals surface area (Å²) in [5, 5.41) is 2.11. The van der Waals surface area contributed by atoms with E-state index in [1.165, 1.54) is 11.6 Å². The van der Waals surface area contributed by atoms with Gasteiger partial charge in [0.15, 0.2) is 5.52 Å². The van der Waals surface area contributed by atoms with E-state index in [0.717, 1.165) is 16.2 Å². The van der Waals surface area contributed by atoms with Gasteiger partial charge in [0.25, 0.3) is 0 Å². The summed E-state index contributed by atoms with van der Waals surface area (Å²) in [6.07, 6.45) is 1.43. The van der Waals surface area contributed by atoms with Crippen molar-refractivity contribution >= 4 is 24.1 Å². The molecule has 0 fully saturated rings. The SMILES string of the molecule is C=CC(=O)P(c1ccccc1)c1ccc(-c2ccccc2)cc1. The molecule has 3 aromatic carbocycles. The Morgan fingerprint density at radius 3 is 1.74 bits per heavy atom. The molecule has 1 atom stereocenters. The van der Waals surface area contributed by atoms with Crippen LogP contribution in [-0.4, -0.2) is 5.52 Å². The Morgan fingerprint density at radius 1 is 0.696 bits per heavy atom. The van der Waals surface area contributed by atoms with Gasteiger partial charge in [-0.2, -0.15) is 0 Å². The van der Waals surface area contributed by atoms with E-state index in [4.69, 9.17) is 0 Å². The predicted molar refractivity (Wildman–Crippen MR) is 99.7 cm³/mol. The average Bonchev–Trinajstić information content (AvgIpc) is 2.64. The van der Waals surface area contributed by atoms with Crippen molar-refractivity contribution < 1.29 is 4.79 Å². The smallest absolute Gasteiger partial charge is 0.185 e. The number of allylic oxidation sites excluding steroid dienone is 1. The van der Waals surface area contributed by atoms with Crippen LogP contribution in [0.4, 0.5) is 0 Å². The summed E-state index contributed by atoms with van der Waals surface area (Å²) < 4.78 is 0. The van der Waals surface area contributed by atoms with Crippen LogP contribution in [0.25, 0.3) is 11.1 Å². The summed E-state index contributed by atoms with van der Waals surface area (Å²) in [6.45, 7) is 3.66. The van der Waals surface area contributed by atoms with Gasteiger partial charge >= 0.3 is 0 Å². The number of benzene rings is 3. The molecule has 0 spiro atoms. The molecule has 0 aliphatic rings. The molecule has 0 aliphatic carbocycles. The highest BCUT2D eigenvalue weighted by atomic mass is 31.1. The molecule has 23 heavy (non-hydrogen) atoms. The molecule has 3 rings (SSSR count). The normalized spacial score (nSPS) is 11.7. The second-order valence-corrected chi connectivity index (χ2v) is 7.27. The molecule has 0 aliphatic heterocycles. The van der Waals surface area contributed by atoms with Crippen molar-refractivity contribution in [3.05, 3.63) is 97.6 Å². The van der Waals surface area contributed by atoms with Crippen molar-refractivity contribution in [1.29, 1.82) is 0 Å². The first kappa shape index (κ1) is 15.4. The molecule has 0 saturated carbocycles. The summed E-state index contributed by atoms with van der Waals surface area (Å²) in [5.41, 5.74) is 2.42. The second kappa shape index (κ2) is 7.17. The lowest BCUT2D eigenvalue weighted by atomic mass is 10.1. The van der Waals surface area contributed by atoms with Gasteiger partial charge in [-0.3, -0.25) is 4.79 Å². The monoisotopic (exact) mass is 316 g/mol. The zero-order valence-corrected chi connectivity index (χ0v) is 13.6. The lowest BCUT2D eigenvalue weighted by Gasteiger charge is -2.15. The molecule has 2 heteroatoms. The van der Waals surface area contributed by atoms with E-state index in [1.54, 1.807) is 0 Å². The summed E-state index contributed by atoms with van der Waals surface area (Å²) in [4.78, 5) is 12.4. The summed E-state index contributed by atoms with van der Waals surface area (Å²) in [5.74, 6) is 0. The fourth-order valence-corrected chi connectivity index (χ4v) is 4.41. The van der Waals surface area contributed by atoms with Crippen LogP contribution >= 0.6 is 7.92 Å². The van der Waals surface area contributed by atoms with E-state index in [9.17, 15) is 4.79 Å². The Labute approximate surface area is 138 Å². The summed E-state index contributed by atoms with van der Waals surface area (Å²) in [6, 6.07) is 28.5. The zero-order valence-electron chi connectivity index (χ0n) is 12.7. The van der Waals surface area contributed by atoms with Crippen LogP contribution in [0.1, 0.15) is 0 Å². The molecule has 0 bridgehead atoms. The largest absolute Gasteiger partial charge is 0.289 e. The molecular weight excluding hydrogens is 299 g/mol. The van der Waals surface area contributed by atoms with Gasteiger partial charge in [-0.25, -0.2) is 0 Å². The van der Waals surface area contributed by atoms with E-state index in [2.05, 4.69) is 43.0 Å². The maximum Gasteiger partial charge on any atom is 0.185 e. The number of hydrogen-bond acceptors (Lipinski definition) is 1. The number of carbonyl (C=O) groups is 1. The number of hydrogen-bond donors (Lipinski definition) is 0. The van der Waals surface area contributed by atoms with E-state index in [-0.39, 0.29) is 5.52 Å². The van der Waals surface area contributed by atoms with Crippen LogP contribution in [0.2, 0.25) is 0 Å². The standard InChI is InChI=1S/C21H17OP/c1-2-21(22)23(19-11-7-4-8-12-19)20-15-13-18(14-16-20)17-9-5-3-6-10-17/h2-16H,1H2. The lowest BCUT2D eigenvalue weighted by Crippen LogP contribution is -2.16. The van der Waals surface area contributed by atoms with E-state index >= 15 is 0 Å². The van der Waals surface area contributed by atoms with Crippen molar-refractivity contribution in [3.63, 3.8) is 0 Å². The Bertz CT molecular complexity index is 792. The number of carbonyl (C=O) groups excluding carboxylic acids is 1. The summed E-state index contributed by atoms with van der Waals surface area (Å²) >= 11 is 0. The third kappa shape index (κ3) is 3.47.